The topological polar surface area (TPSA) is 105 Å². The van der Waals surface area contributed by atoms with E-state index in [-0.39, 0.29) is 5.92 Å². The maximum atomic E-state index is 10.4. The van der Waals surface area contributed by atoms with E-state index in [0.717, 1.165) is 6.42 Å². The Hall–Kier alpha value is -1.60. The van der Waals surface area contributed by atoms with Crippen LogP contribution in [0.15, 0.2) is 0 Å². The molecule has 0 aromatic carbocycles. The van der Waals surface area contributed by atoms with E-state index in [4.69, 9.17) is 0 Å². The fraction of sp³-hybridized carbons (Fsp3) is 1.00. The van der Waals surface area contributed by atoms with Gasteiger partial charge in [-0.25, -0.2) is 0 Å². The van der Waals surface area contributed by atoms with Gasteiger partial charge in [-0.2, -0.15) is 0 Å². The summed E-state index contributed by atoms with van der Waals surface area (Å²) >= 11 is 0. The third-order valence-corrected chi connectivity index (χ3v) is 2.68. The van der Waals surface area contributed by atoms with Crippen LogP contribution in [0.5, 0.6) is 0 Å². The van der Waals surface area contributed by atoms with Crippen molar-refractivity contribution in [2.45, 2.75) is 52.7 Å². The van der Waals surface area contributed by atoms with Crippen LogP contribution in [-0.2, 0) is 9.68 Å². The van der Waals surface area contributed by atoms with Crippen molar-refractivity contribution in [3.05, 3.63) is 20.2 Å². The Morgan fingerprint density at radius 1 is 0.944 bits per heavy atom. The zero-order valence-electron chi connectivity index (χ0n) is 11.1. The predicted molar refractivity (Wildman–Crippen MR) is 62.6 cm³/mol. The van der Waals surface area contributed by atoms with Gasteiger partial charge in [0.25, 0.3) is 10.2 Å². The van der Waals surface area contributed by atoms with Crippen LogP contribution in [0, 0.1) is 32.1 Å². The van der Waals surface area contributed by atoms with Crippen molar-refractivity contribution in [3.63, 3.8) is 0 Å². The van der Waals surface area contributed by atoms with Crippen molar-refractivity contribution >= 4 is 0 Å². The van der Waals surface area contributed by atoms with Gasteiger partial charge in [-0.3, -0.25) is 0 Å². The van der Waals surface area contributed by atoms with Gasteiger partial charge >= 0.3 is 0 Å². The molecule has 0 aliphatic carbocycles. The Morgan fingerprint density at radius 2 is 1.44 bits per heavy atom. The minimum absolute atomic E-state index is 0.201. The van der Waals surface area contributed by atoms with Gasteiger partial charge in [0, 0.05) is 0 Å². The van der Waals surface area contributed by atoms with E-state index in [1.807, 2.05) is 13.8 Å². The minimum atomic E-state index is -0.979. The zero-order chi connectivity index (χ0) is 14.3. The molecule has 0 fully saturated rings. The van der Waals surface area contributed by atoms with Crippen molar-refractivity contribution in [2.75, 3.05) is 0 Å². The van der Waals surface area contributed by atoms with Gasteiger partial charge in [0.05, 0.1) is 0 Å². The molecule has 0 spiro atoms. The SMILES string of the molecule is CC(C)CCC(C)[C@@H](O[N+](=O)[O-])[C@@H](C)O[N+](=O)[O-]. The van der Waals surface area contributed by atoms with Crippen LogP contribution in [0.2, 0.25) is 0 Å². The lowest BCUT2D eigenvalue weighted by Crippen LogP contribution is -2.38. The highest BCUT2D eigenvalue weighted by atomic mass is 17.0. The van der Waals surface area contributed by atoms with Gasteiger partial charge in [-0.15, -0.1) is 20.2 Å². The molecule has 8 nitrogen and oxygen atoms in total. The van der Waals surface area contributed by atoms with Crippen LogP contribution < -0.4 is 0 Å². The van der Waals surface area contributed by atoms with Crippen molar-refractivity contribution in [2.24, 2.45) is 11.8 Å². The largest absolute Gasteiger partial charge is 0.309 e. The first kappa shape index (κ1) is 16.4. The molecular weight excluding hydrogens is 244 g/mol. The molecule has 0 radical (unpaired) electrons. The monoisotopic (exact) mass is 264 g/mol. The summed E-state index contributed by atoms with van der Waals surface area (Å²) in [5, 5.41) is 18.8. The molecule has 8 heteroatoms. The summed E-state index contributed by atoms with van der Waals surface area (Å²) in [7, 11) is 0. The lowest BCUT2D eigenvalue weighted by Gasteiger charge is -2.26. The van der Waals surface area contributed by atoms with E-state index in [0.29, 0.717) is 12.3 Å². The molecule has 1 unspecified atom stereocenters. The zero-order valence-corrected chi connectivity index (χ0v) is 11.1. The Kier molecular flexibility index (Phi) is 6.99. The third-order valence-electron chi connectivity index (χ3n) is 2.68. The standard InChI is InChI=1S/C10H20N2O6/c1-7(2)5-6-8(3)10(18-12(15)16)9(4)17-11(13)14/h7-10H,5-6H2,1-4H3/t8?,9-,10-/m1/s1. The van der Waals surface area contributed by atoms with Crippen LogP contribution in [-0.4, -0.2) is 22.4 Å². The molecule has 0 N–H and O–H groups in total. The number of hydrogen-bond acceptors (Lipinski definition) is 6. The second-order valence-electron chi connectivity index (χ2n) is 4.78. The van der Waals surface area contributed by atoms with Crippen LogP contribution in [0.25, 0.3) is 0 Å². The molecule has 0 aromatic heterocycles. The van der Waals surface area contributed by atoms with Gasteiger partial charge < -0.3 is 9.68 Å². The molecule has 0 heterocycles. The summed E-state index contributed by atoms with van der Waals surface area (Å²) in [4.78, 5) is 29.5. The van der Waals surface area contributed by atoms with Crippen molar-refractivity contribution < 1.29 is 19.8 Å². The van der Waals surface area contributed by atoms with E-state index >= 15 is 0 Å². The van der Waals surface area contributed by atoms with Gasteiger partial charge in [-0.1, -0.05) is 27.2 Å². The summed E-state index contributed by atoms with van der Waals surface area (Å²) < 4.78 is 0. The molecule has 0 rings (SSSR count). The molecular formula is C10H20N2O6. The van der Waals surface area contributed by atoms with Crippen molar-refractivity contribution in [3.8, 4) is 0 Å². The summed E-state index contributed by atoms with van der Waals surface area (Å²) in [5.74, 6) is 0.253. The molecule has 0 aliphatic heterocycles. The normalized spacial score (nSPS) is 15.8. The Morgan fingerprint density at radius 3 is 1.83 bits per heavy atom. The van der Waals surface area contributed by atoms with Gasteiger partial charge in [0.1, 0.15) is 12.2 Å². The second kappa shape index (κ2) is 7.67. The second-order valence-corrected chi connectivity index (χ2v) is 4.78. The highest BCUT2D eigenvalue weighted by Crippen LogP contribution is 2.21. The van der Waals surface area contributed by atoms with Crippen molar-refractivity contribution in [1.29, 1.82) is 0 Å². The van der Waals surface area contributed by atoms with Crippen LogP contribution in [0.3, 0.4) is 0 Å². The highest BCUT2D eigenvalue weighted by Gasteiger charge is 2.29. The molecule has 0 aromatic rings. The number of hydrogen-bond donors (Lipinski definition) is 0. The Balaban J connectivity index is 4.54. The number of nitrogens with zero attached hydrogens (tertiary/aromatic N) is 2. The van der Waals surface area contributed by atoms with Gasteiger partial charge in [-0.05, 0) is 25.2 Å². The van der Waals surface area contributed by atoms with Crippen molar-refractivity contribution in [1.82, 2.24) is 0 Å². The highest BCUT2D eigenvalue weighted by molar-refractivity contribution is 4.71. The summed E-state index contributed by atoms with van der Waals surface area (Å²) in [6.45, 7) is 7.22. The number of rotatable bonds is 9. The molecule has 18 heavy (non-hydrogen) atoms. The first-order valence-corrected chi connectivity index (χ1v) is 5.86. The average molecular weight is 264 g/mol. The maximum absolute atomic E-state index is 10.4. The van der Waals surface area contributed by atoms with E-state index in [1.54, 1.807) is 6.92 Å². The molecule has 0 aliphatic rings. The van der Waals surface area contributed by atoms with Crippen LogP contribution >= 0.6 is 0 Å². The third kappa shape index (κ3) is 6.87. The van der Waals surface area contributed by atoms with E-state index in [9.17, 15) is 20.2 Å². The van der Waals surface area contributed by atoms with E-state index in [1.165, 1.54) is 6.92 Å². The molecule has 0 bridgehead atoms. The fourth-order valence-electron chi connectivity index (χ4n) is 1.71. The Labute approximate surface area is 105 Å². The predicted octanol–water partition coefficient (Wildman–Crippen LogP) is 2.23. The van der Waals surface area contributed by atoms with Crippen LogP contribution in [0.4, 0.5) is 0 Å². The fourth-order valence-corrected chi connectivity index (χ4v) is 1.71. The molecule has 0 saturated carbocycles. The average Bonchev–Trinajstić information content (AvgIpc) is 2.21. The summed E-state index contributed by atoms with van der Waals surface area (Å²) in [6.07, 6.45) is -0.373. The molecule has 0 saturated heterocycles. The molecule has 0 amide bonds. The molecule has 3 atom stereocenters. The summed E-state index contributed by atoms with van der Waals surface area (Å²) in [6, 6.07) is 0. The lowest BCUT2D eigenvalue weighted by molar-refractivity contribution is -0.799. The lowest BCUT2D eigenvalue weighted by atomic mass is 9.92. The quantitative estimate of drug-likeness (QED) is 0.467. The molecule has 106 valence electrons. The van der Waals surface area contributed by atoms with Gasteiger partial charge in [0.15, 0.2) is 0 Å². The first-order chi connectivity index (χ1) is 8.23. The Bertz CT molecular complexity index is 284. The van der Waals surface area contributed by atoms with Crippen LogP contribution in [0.1, 0.15) is 40.5 Å². The van der Waals surface area contributed by atoms with E-state index < -0.39 is 22.4 Å². The maximum Gasteiger partial charge on any atom is 0.294 e. The summed E-state index contributed by atoms with van der Waals surface area (Å²) in [5.41, 5.74) is 0. The smallest absolute Gasteiger partial charge is 0.294 e. The van der Waals surface area contributed by atoms with Gasteiger partial charge in [0.2, 0.25) is 0 Å². The minimum Gasteiger partial charge on any atom is -0.309 e. The van der Waals surface area contributed by atoms with E-state index in [2.05, 4.69) is 9.68 Å². The first-order valence-electron chi connectivity index (χ1n) is 5.86.